The van der Waals surface area contributed by atoms with Crippen LogP contribution in [0.5, 0.6) is 0 Å². The molecule has 35 heavy (non-hydrogen) atoms. The molecule has 1 aromatic carbocycles. The van der Waals surface area contributed by atoms with Crippen molar-refractivity contribution in [3.05, 3.63) is 53.1 Å². The normalized spacial score (nSPS) is 26.1. The molecule has 3 atom stereocenters. The number of rotatable bonds is 5. The van der Waals surface area contributed by atoms with Crippen molar-refractivity contribution in [2.45, 2.75) is 56.5 Å². The van der Waals surface area contributed by atoms with Gasteiger partial charge >= 0.3 is 6.18 Å². The van der Waals surface area contributed by atoms with Crippen molar-refractivity contribution in [2.75, 3.05) is 32.4 Å². The minimum atomic E-state index is -4.69. The van der Waals surface area contributed by atoms with Gasteiger partial charge in [-0.2, -0.15) is 13.2 Å². The first-order valence-electron chi connectivity index (χ1n) is 12.3. The van der Waals surface area contributed by atoms with Gasteiger partial charge in [0.05, 0.1) is 16.4 Å². The van der Waals surface area contributed by atoms with Gasteiger partial charge < -0.3 is 9.80 Å². The van der Waals surface area contributed by atoms with Crippen molar-refractivity contribution in [1.29, 1.82) is 0 Å². The Morgan fingerprint density at radius 3 is 2.49 bits per heavy atom. The lowest BCUT2D eigenvalue weighted by Crippen LogP contribution is -2.43. The molecular weight excluding hydrogens is 477 g/mol. The number of likely N-dealkylation sites (tertiary alicyclic amines) is 2. The predicted octanol–water partition coefficient (Wildman–Crippen LogP) is 4.80. The lowest BCUT2D eigenvalue weighted by molar-refractivity contribution is -0.138. The largest absolute Gasteiger partial charge is 0.417 e. The fourth-order valence-electron chi connectivity index (χ4n) is 5.54. The summed E-state index contributed by atoms with van der Waals surface area (Å²) in [5.74, 6) is -0.828. The van der Waals surface area contributed by atoms with Crippen LogP contribution in [0.2, 0.25) is 0 Å². The van der Waals surface area contributed by atoms with Crippen molar-refractivity contribution in [1.82, 2.24) is 9.80 Å². The molecule has 2 saturated heterocycles. The van der Waals surface area contributed by atoms with Gasteiger partial charge in [0.15, 0.2) is 9.84 Å². The second kappa shape index (κ2) is 10.1. The molecule has 2 heterocycles. The zero-order valence-electron chi connectivity index (χ0n) is 20.2. The molecule has 1 aliphatic carbocycles. The third-order valence-corrected chi connectivity index (χ3v) is 9.20. The molecule has 1 aromatic rings. The topological polar surface area (TPSA) is 57.7 Å². The van der Waals surface area contributed by atoms with Gasteiger partial charge in [-0.1, -0.05) is 31.2 Å². The van der Waals surface area contributed by atoms with E-state index in [1.165, 1.54) is 18.4 Å². The van der Waals surface area contributed by atoms with Crippen molar-refractivity contribution in [2.24, 2.45) is 5.92 Å². The molecular formula is C26H33F3N2O3S. The second-order valence-corrected chi connectivity index (χ2v) is 12.3. The van der Waals surface area contributed by atoms with Crippen LogP contribution in [0.15, 0.2) is 36.4 Å². The summed E-state index contributed by atoms with van der Waals surface area (Å²) < 4.78 is 66.6. The summed E-state index contributed by atoms with van der Waals surface area (Å²) in [6.45, 7) is 4.92. The summed E-state index contributed by atoms with van der Waals surface area (Å²) in [6.07, 6.45) is 5.62. The number of halogens is 3. The summed E-state index contributed by atoms with van der Waals surface area (Å²) >= 11 is 0. The number of amides is 1. The van der Waals surface area contributed by atoms with E-state index in [0.29, 0.717) is 24.2 Å². The van der Waals surface area contributed by atoms with Gasteiger partial charge in [0.25, 0.3) is 5.91 Å². The molecule has 5 nitrogen and oxygen atoms in total. The quantitative estimate of drug-likeness (QED) is 0.571. The fourth-order valence-corrected chi connectivity index (χ4v) is 6.86. The van der Waals surface area contributed by atoms with Crippen molar-refractivity contribution in [3.8, 4) is 0 Å². The van der Waals surface area contributed by atoms with E-state index in [1.807, 2.05) is 0 Å². The Bertz CT molecular complexity index is 1120. The van der Waals surface area contributed by atoms with Crippen LogP contribution in [0.4, 0.5) is 13.2 Å². The van der Waals surface area contributed by atoms with E-state index < -0.39 is 32.7 Å². The third kappa shape index (κ3) is 5.82. The maximum atomic E-state index is 14.1. The van der Waals surface area contributed by atoms with E-state index in [2.05, 4.69) is 4.90 Å². The third-order valence-electron chi connectivity index (χ3n) is 7.48. The monoisotopic (exact) mass is 510 g/mol. The van der Waals surface area contributed by atoms with Gasteiger partial charge in [-0.25, -0.2) is 8.42 Å². The molecule has 0 N–H and O–H groups in total. The molecule has 192 valence electrons. The first-order chi connectivity index (χ1) is 16.4. The molecule has 0 saturated carbocycles. The van der Waals surface area contributed by atoms with Crippen molar-refractivity contribution < 1.29 is 26.4 Å². The molecule has 9 heteroatoms. The molecule has 4 rings (SSSR count). The maximum absolute atomic E-state index is 14.1. The van der Waals surface area contributed by atoms with Gasteiger partial charge in [0.2, 0.25) is 0 Å². The van der Waals surface area contributed by atoms with Crippen LogP contribution < -0.4 is 0 Å². The Kier molecular flexibility index (Phi) is 7.48. The highest BCUT2D eigenvalue weighted by atomic mass is 32.2. The summed E-state index contributed by atoms with van der Waals surface area (Å²) in [4.78, 5) is 17.3. The maximum Gasteiger partial charge on any atom is 0.417 e. The Labute approximate surface area is 205 Å². The molecule has 2 fully saturated rings. The summed E-state index contributed by atoms with van der Waals surface area (Å²) in [6, 6.07) is 3.78. The number of hydrogen-bond donors (Lipinski definition) is 0. The Hall–Kier alpha value is -2.13. The average Bonchev–Trinajstić information content (AvgIpc) is 3.42. The molecule has 3 aliphatic rings. The van der Waals surface area contributed by atoms with Crippen molar-refractivity contribution >= 4 is 21.3 Å². The highest BCUT2D eigenvalue weighted by molar-refractivity contribution is 7.91. The Morgan fingerprint density at radius 1 is 1.11 bits per heavy atom. The minimum absolute atomic E-state index is 0.0664. The summed E-state index contributed by atoms with van der Waals surface area (Å²) in [7, 11) is -3.31. The number of carbonyl (C=O) groups excluding carboxylic acids is 1. The van der Waals surface area contributed by atoms with Crippen LogP contribution in [0, 0.1) is 5.92 Å². The van der Waals surface area contributed by atoms with E-state index in [9.17, 15) is 26.4 Å². The number of benzene rings is 1. The standard InChI is InChI=1S/C26H33F3N2O3S/c1-18-7-8-19(10-12-24(18)35(2,33)34)20-9-11-22(23(16-20)26(27,28)29)25(32)31-15-5-6-21(31)17-30-13-3-4-14-30/h7-11,16,18,21,24H,3-6,12-15,17H2,1-2H3. The number of carbonyl (C=O) groups is 1. The second-order valence-electron chi connectivity index (χ2n) is 10.0. The van der Waals surface area contributed by atoms with Gasteiger partial charge in [-0.05, 0) is 74.4 Å². The zero-order valence-corrected chi connectivity index (χ0v) is 21.0. The van der Waals surface area contributed by atoms with Crippen LogP contribution in [0.25, 0.3) is 5.57 Å². The highest BCUT2D eigenvalue weighted by Gasteiger charge is 2.39. The minimum Gasteiger partial charge on any atom is -0.334 e. The molecule has 0 spiro atoms. The van der Waals surface area contributed by atoms with E-state index in [0.717, 1.165) is 44.8 Å². The van der Waals surface area contributed by atoms with E-state index >= 15 is 0 Å². The number of allylic oxidation sites excluding steroid dienone is 4. The molecule has 3 unspecified atom stereocenters. The number of hydrogen-bond acceptors (Lipinski definition) is 4. The Balaban J connectivity index is 1.63. The molecule has 0 bridgehead atoms. The molecule has 0 aromatic heterocycles. The number of sulfone groups is 1. The summed E-state index contributed by atoms with van der Waals surface area (Å²) in [5.41, 5.74) is -0.421. The lowest BCUT2D eigenvalue weighted by atomic mass is 9.97. The zero-order chi connectivity index (χ0) is 25.4. The van der Waals surface area contributed by atoms with Gasteiger partial charge in [-0.3, -0.25) is 4.79 Å². The van der Waals surface area contributed by atoms with Gasteiger partial charge in [0, 0.05) is 25.4 Å². The summed E-state index contributed by atoms with van der Waals surface area (Å²) in [5, 5.41) is -0.623. The van der Waals surface area contributed by atoms with Crippen LogP contribution >= 0.6 is 0 Å². The van der Waals surface area contributed by atoms with E-state index in [-0.39, 0.29) is 23.9 Å². The smallest absolute Gasteiger partial charge is 0.334 e. The van der Waals surface area contributed by atoms with Crippen molar-refractivity contribution in [3.63, 3.8) is 0 Å². The Morgan fingerprint density at radius 2 is 1.83 bits per heavy atom. The molecule has 2 aliphatic heterocycles. The van der Waals surface area contributed by atoms with Crippen LogP contribution in [0.1, 0.15) is 60.5 Å². The average molecular weight is 511 g/mol. The molecule has 1 amide bonds. The lowest BCUT2D eigenvalue weighted by Gasteiger charge is -2.29. The fraction of sp³-hybridized carbons (Fsp3) is 0.577. The van der Waals surface area contributed by atoms with Crippen LogP contribution in [0.3, 0.4) is 0 Å². The highest BCUT2D eigenvalue weighted by Crippen LogP contribution is 2.37. The first-order valence-corrected chi connectivity index (χ1v) is 14.2. The van der Waals surface area contributed by atoms with Crippen LogP contribution in [-0.2, 0) is 16.0 Å². The molecule has 0 radical (unpaired) electrons. The number of alkyl halides is 3. The van der Waals surface area contributed by atoms with E-state index in [4.69, 9.17) is 0 Å². The van der Waals surface area contributed by atoms with Gasteiger partial charge in [-0.15, -0.1) is 0 Å². The SMILES string of the molecule is CC1C=CC(c2ccc(C(=O)N3CCCC3CN3CCCC3)c(C(F)(F)F)c2)=CCC1S(C)(=O)=O. The predicted molar refractivity (Wildman–Crippen MR) is 131 cm³/mol. The van der Waals surface area contributed by atoms with Crippen LogP contribution in [-0.4, -0.2) is 67.9 Å². The number of nitrogens with zero attached hydrogens (tertiary/aromatic N) is 2. The first kappa shape index (κ1) is 25.9. The van der Waals surface area contributed by atoms with Gasteiger partial charge in [0.1, 0.15) is 0 Å². The van der Waals surface area contributed by atoms with E-state index in [1.54, 1.807) is 30.1 Å².